The van der Waals surface area contributed by atoms with Crippen molar-refractivity contribution in [3.05, 3.63) is 45.7 Å². The Hall–Kier alpha value is -1.56. The number of ether oxygens (including phenoxy) is 1. The van der Waals surface area contributed by atoms with Crippen molar-refractivity contribution in [1.29, 1.82) is 0 Å². The van der Waals surface area contributed by atoms with Gasteiger partial charge in [0, 0.05) is 34.9 Å². The lowest BCUT2D eigenvalue weighted by Crippen LogP contribution is -2.15. The van der Waals surface area contributed by atoms with E-state index < -0.39 is 0 Å². The van der Waals surface area contributed by atoms with Crippen molar-refractivity contribution in [3.8, 4) is 5.75 Å². The molecule has 0 fully saturated rings. The monoisotopic (exact) mass is 323 g/mol. The van der Waals surface area contributed by atoms with Crippen LogP contribution in [0.4, 0.5) is 0 Å². The van der Waals surface area contributed by atoms with Gasteiger partial charge in [-0.25, -0.2) is 0 Å². The number of aliphatic hydroxyl groups excluding tert-OH is 1. The molecular weight excluding hydrogens is 302 g/mol. The Kier molecular flexibility index (Phi) is 5.83. The van der Waals surface area contributed by atoms with Gasteiger partial charge in [0.25, 0.3) is 0 Å². The van der Waals surface area contributed by atoms with Gasteiger partial charge in [0.2, 0.25) is 0 Å². The van der Waals surface area contributed by atoms with E-state index >= 15 is 0 Å². The van der Waals surface area contributed by atoms with E-state index in [-0.39, 0.29) is 6.61 Å². The molecule has 5 nitrogen and oxygen atoms in total. The number of nitrogens with zero attached hydrogens (tertiary/aromatic N) is 2. The number of aliphatic hydroxyl groups is 1. The number of aryl methyl sites for hydroxylation is 1. The average molecular weight is 324 g/mol. The summed E-state index contributed by atoms with van der Waals surface area (Å²) in [5.74, 6) is 0.782. The Morgan fingerprint density at radius 3 is 2.77 bits per heavy atom. The predicted octanol–water partition coefficient (Wildman–Crippen LogP) is 2.44. The van der Waals surface area contributed by atoms with Crippen LogP contribution in [0.1, 0.15) is 22.5 Å². The molecule has 1 aromatic carbocycles. The third-order valence-corrected chi connectivity index (χ3v) is 3.94. The zero-order valence-corrected chi connectivity index (χ0v) is 13.9. The Labute approximate surface area is 135 Å². The molecule has 0 atom stereocenters. The first-order chi connectivity index (χ1) is 10.6. The maximum Gasteiger partial charge on any atom is 0.124 e. The van der Waals surface area contributed by atoms with Crippen molar-refractivity contribution in [2.45, 2.75) is 33.5 Å². The lowest BCUT2D eigenvalue weighted by molar-refractivity contribution is 0.267. The fourth-order valence-electron chi connectivity index (χ4n) is 2.49. The van der Waals surface area contributed by atoms with Crippen LogP contribution >= 0.6 is 11.6 Å². The normalized spacial score (nSPS) is 11.0. The zero-order chi connectivity index (χ0) is 16.1. The topological polar surface area (TPSA) is 59.3 Å². The maximum atomic E-state index is 9.05. The van der Waals surface area contributed by atoms with Crippen molar-refractivity contribution in [2.75, 3.05) is 13.7 Å². The van der Waals surface area contributed by atoms with E-state index in [1.165, 1.54) is 5.56 Å². The van der Waals surface area contributed by atoms with Crippen molar-refractivity contribution in [2.24, 2.45) is 0 Å². The summed E-state index contributed by atoms with van der Waals surface area (Å²) in [6, 6.07) is 5.63. The van der Waals surface area contributed by atoms with Crippen LogP contribution in [0.2, 0.25) is 5.02 Å². The molecular formula is C16H22ClN3O2. The lowest BCUT2D eigenvalue weighted by Gasteiger charge is -2.10. The van der Waals surface area contributed by atoms with Gasteiger partial charge in [0.15, 0.2) is 0 Å². The molecule has 0 aliphatic rings. The molecule has 0 saturated carbocycles. The molecule has 0 unspecified atom stereocenters. The molecule has 0 radical (unpaired) electrons. The Morgan fingerprint density at radius 1 is 1.32 bits per heavy atom. The van der Waals surface area contributed by atoms with Crippen LogP contribution in [0.25, 0.3) is 0 Å². The number of hydrogen-bond donors (Lipinski definition) is 2. The Morgan fingerprint density at radius 2 is 2.09 bits per heavy atom. The maximum absolute atomic E-state index is 9.05. The van der Waals surface area contributed by atoms with Crippen molar-refractivity contribution >= 4 is 11.6 Å². The summed E-state index contributed by atoms with van der Waals surface area (Å²) in [4.78, 5) is 0. The number of halogens is 1. The summed E-state index contributed by atoms with van der Waals surface area (Å²) >= 11 is 5.97. The molecule has 2 N–H and O–H groups in total. The highest BCUT2D eigenvalue weighted by Gasteiger charge is 2.11. The second-order valence-corrected chi connectivity index (χ2v) is 5.59. The van der Waals surface area contributed by atoms with E-state index in [4.69, 9.17) is 21.4 Å². The van der Waals surface area contributed by atoms with Gasteiger partial charge in [0.05, 0.1) is 26.0 Å². The van der Waals surface area contributed by atoms with Gasteiger partial charge in [-0.3, -0.25) is 4.68 Å². The third kappa shape index (κ3) is 3.80. The summed E-state index contributed by atoms with van der Waals surface area (Å²) in [6.45, 7) is 6.03. The van der Waals surface area contributed by atoms with Crippen LogP contribution in [0, 0.1) is 13.8 Å². The summed E-state index contributed by atoms with van der Waals surface area (Å²) in [5.41, 5.74) is 4.30. The molecule has 0 amide bonds. The highest BCUT2D eigenvalue weighted by molar-refractivity contribution is 6.30. The van der Waals surface area contributed by atoms with Crippen LogP contribution in [0.5, 0.6) is 5.75 Å². The minimum Gasteiger partial charge on any atom is -0.496 e. The second-order valence-electron chi connectivity index (χ2n) is 5.16. The van der Waals surface area contributed by atoms with Gasteiger partial charge in [-0.1, -0.05) is 17.7 Å². The van der Waals surface area contributed by atoms with E-state index in [0.717, 1.165) is 29.2 Å². The number of nitrogens with one attached hydrogen (secondary N) is 1. The van der Waals surface area contributed by atoms with E-state index in [9.17, 15) is 0 Å². The SMILES string of the molecule is COc1cc(Cl)ccc1CNCc1c(C)nn(CCO)c1C. The van der Waals surface area contributed by atoms with Crippen LogP contribution in [-0.4, -0.2) is 28.6 Å². The fraction of sp³-hybridized carbons (Fsp3) is 0.438. The standard InChI is InChI=1S/C16H22ClN3O2/c1-11-15(12(2)20(19-11)6-7-21)10-18-9-13-4-5-14(17)8-16(13)22-3/h4-5,8,18,21H,6-7,9-10H2,1-3H3. The first kappa shape index (κ1) is 16.8. The largest absolute Gasteiger partial charge is 0.496 e. The summed E-state index contributed by atoms with van der Waals surface area (Å²) < 4.78 is 7.19. The quantitative estimate of drug-likeness (QED) is 0.821. The van der Waals surface area contributed by atoms with Gasteiger partial charge >= 0.3 is 0 Å². The molecule has 0 saturated heterocycles. The Bertz CT molecular complexity index is 641. The molecule has 2 aromatic rings. The summed E-state index contributed by atoms with van der Waals surface area (Å²) in [6.07, 6.45) is 0. The molecule has 6 heteroatoms. The molecule has 1 aromatic heterocycles. The van der Waals surface area contributed by atoms with Crippen LogP contribution in [0.15, 0.2) is 18.2 Å². The third-order valence-electron chi connectivity index (χ3n) is 3.71. The summed E-state index contributed by atoms with van der Waals surface area (Å²) in [5, 5.41) is 17.6. The van der Waals surface area contributed by atoms with E-state index in [1.807, 2.05) is 36.7 Å². The number of aromatic nitrogens is 2. The molecule has 0 aliphatic heterocycles. The molecule has 22 heavy (non-hydrogen) atoms. The molecule has 0 spiro atoms. The highest BCUT2D eigenvalue weighted by Crippen LogP contribution is 2.23. The van der Waals surface area contributed by atoms with Crippen LogP contribution in [0.3, 0.4) is 0 Å². The smallest absolute Gasteiger partial charge is 0.124 e. The number of hydrogen-bond acceptors (Lipinski definition) is 4. The zero-order valence-electron chi connectivity index (χ0n) is 13.2. The molecule has 2 rings (SSSR count). The minimum atomic E-state index is 0.0940. The van der Waals surface area contributed by atoms with E-state index in [1.54, 1.807) is 7.11 Å². The van der Waals surface area contributed by atoms with Crippen LogP contribution < -0.4 is 10.1 Å². The van der Waals surface area contributed by atoms with E-state index in [0.29, 0.717) is 18.1 Å². The van der Waals surface area contributed by atoms with Gasteiger partial charge in [-0.2, -0.15) is 5.10 Å². The second kappa shape index (κ2) is 7.63. The number of methoxy groups -OCH3 is 1. The average Bonchev–Trinajstić information content (AvgIpc) is 2.76. The predicted molar refractivity (Wildman–Crippen MR) is 87.3 cm³/mol. The Balaban J connectivity index is 2.02. The fourth-order valence-corrected chi connectivity index (χ4v) is 2.65. The van der Waals surface area contributed by atoms with Gasteiger partial charge in [-0.15, -0.1) is 0 Å². The molecule has 0 aliphatic carbocycles. The van der Waals surface area contributed by atoms with Gasteiger partial charge < -0.3 is 15.2 Å². The van der Waals surface area contributed by atoms with E-state index in [2.05, 4.69) is 10.4 Å². The van der Waals surface area contributed by atoms with Crippen molar-refractivity contribution in [1.82, 2.24) is 15.1 Å². The first-order valence-corrected chi connectivity index (χ1v) is 7.61. The first-order valence-electron chi connectivity index (χ1n) is 7.23. The summed E-state index contributed by atoms with van der Waals surface area (Å²) in [7, 11) is 1.64. The number of benzene rings is 1. The highest BCUT2D eigenvalue weighted by atomic mass is 35.5. The van der Waals surface area contributed by atoms with Crippen LogP contribution in [-0.2, 0) is 19.6 Å². The molecule has 0 bridgehead atoms. The van der Waals surface area contributed by atoms with Gasteiger partial charge in [-0.05, 0) is 26.0 Å². The van der Waals surface area contributed by atoms with Gasteiger partial charge in [0.1, 0.15) is 5.75 Å². The lowest BCUT2D eigenvalue weighted by atomic mass is 10.1. The van der Waals surface area contributed by atoms with Crippen molar-refractivity contribution in [3.63, 3.8) is 0 Å². The molecule has 1 heterocycles. The minimum absolute atomic E-state index is 0.0940. The molecule has 120 valence electrons. The van der Waals surface area contributed by atoms with Crippen molar-refractivity contribution < 1.29 is 9.84 Å². The number of rotatable bonds is 7.